The van der Waals surface area contributed by atoms with Crippen LogP contribution in [0.5, 0.6) is 0 Å². The van der Waals surface area contributed by atoms with Gasteiger partial charge in [0, 0.05) is 23.5 Å². The van der Waals surface area contributed by atoms with Crippen LogP contribution in [0.25, 0.3) is 0 Å². The van der Waals surface area contributed by atoms with E-state index in [-0.39, 0.29) is 18.2 Å². The average Bonchev–Trinajstić information content (AvgIpc) is 2.75. The molecule has 3 aromatic rings. The van der Waals surface area contributed by atoms with E-state index in [0.29, 0.717) is 18.0 Å². The fourth-order valence-electron chi connectivity index (χ4n) is 4.29. The quantitative estimate of drug-likeness (QED) is 0.417. The number of carbonyl (C=O) groups excluding carboxylic acids is 2. The predicted octanol–water partition coefficient (Wildman–Crippen LogP) is 6.05. The summed E-state index contributed by atoms with van der Waals surface area (Å²) in [7, 11) is 0. The molecule has 35 heavy (non-hydrogen) atoms. The SMILES string of the molecule is Cc1cc(C)cc(CC(=O)N(Cc2cccc(Cl)c2)[C@@H](Cc2ccccc2)C(=O)NC(C)(C)C)c1. The molecular formula is C30H35ClN2O2. The summed E-state index contributed by atoms with van der Waals surface area (Å²) in [6.07, 6.45) is 0.638. The van der Waals surface area contributed by atoms with Crippen LogP contribution in [-0.4, -0.2) is 28.3 Å². The van der Waals surface area contributed by atoms with Crippen LogP contribution in [0.2, 0.25) is 5.02 Å². The highest BCUT2D eigenvalue weighted by atomic mass is 35.5. The largest absolute Gasteiger partial charge is 0.350 e. The summed E-state index contributed by atoms with van der Waals surface area (Å²) in [6, 6.07) is 22.8. The molecule has 184 valence electrons. The van der Waals surface area contributed by atoms with E-state index in [0.717, 1.165) is 27.8 Å². The maximum absolute atomic E-state index is 13.8. The van der Waals surface area contributed by atoms with Gasteiger partial charge in [-0.1, -0.05) is 83.4 Å². The van der Waals surface area contributed by atoms with E-state index in [1.807, 2.05) is 95.3 Å². The number of amides is 2. The lowest BCUT2D eigenvalue weighted by atomic mass is 9.99. The average molecular weight is 491 g/mol. The number of nitrogens with zero attached hydrogens (tertiary/aromatic N) is 1. The topological polar surface area (TPSA) is 49.4 Å². The Hall–Kier alpha value is -3.11. The van der Waals surface area contributed by atoms with Crippen molar-refractivity contribution in [3.63, 3.8) is 0 Å². The van der Waals surface area contributed by atoms with Crippen LogP contribution >= 0.6 is 11.6 Å². The van der Waals surface area contributed by atoms with Gasteiger partial charge in [-0.05, 0) is 63.4 Å². The van der Waals surface area contributed by atoms with Gasteiger partial charge in [0.15, 0.2) is 0 Å². The summed E-state index contributed by atoms with van der Waals surface area (Å²) in [5, 5.41) is 3.70. The second kappa shape index (κ2) is 11.5. The first-order valence-corrected chi connectivity index (χ1v) is 12.3. The zero-order chi connectivity index (χ0) is 25.6. The standard InChI is InChI=1S/C30H35ClN2O2/c1-21-14-22(2)16-25(15-21)19-28(34)33(20-24-12-9-13-26(31)17-24)27(29(35)32-30(3,4)5)18-23-10-7-6-8-11-23/h6-17,27H,18-20H2,1-5H3,(H,32,35)/t27-/m0/s1. The Labute approximate surface area is 214 Å². The van der Waals surface area contributed by atoms with Gasteiger partial charge in [0.1, 0.15) is 6.04 Å². The van der Waals surface area contributed by atoms with E-state index < -0.39 is 11.6 Å². The fourth-order valence-corrected chi connectivity index (χ4v) is 4.50. The number of aryl methyl sites for hydroxylation is 2. The number of hydrogen-bond acceptors (Lipinski definition) is 2. The molecule has 0 fully saturated rings. The third kappa shape index (κ3) is 8.25. The summed E-state index contributed by atoms with van der Waals surface area (Å²) < 4.78 is 0. The molecule has 1 atom stereocenters. The summed E-state index contributed by atoms with van der Waals surface area (Å²) in [5.41, 5.74) is 4.62. The molecule has 0 unspecified atom stereocenters. The zero-order valence-corrected chi connectivity index (χ0v) is 22.0. The van der Waals surface area contributed by atoms with Crippen LogP contribution in [0, 0.1) is 13.8 Å². The van der Waals surface area contributed by atoms with Gasteiger partial charge in [0.05, 0.1) is 6.42 Å². The Morgan fingerprint density at radius 1 is 0.857 bits per heavy atom. The summed E-state index contributed by atoms with van der Waals surface area (Å²) in [6.45, 7) is 10.2. The highest BCUT2D eigenvalue weighted by molar-refractivity contribution is 6.30. The van der Waals surface area contributed by atoms with Crippen molar-refractivity contribution in [2.75, 3.05) is 0 Å². The van der Waals surface area contributed by atoms with Crippen molar-refractivity contribution >= 4 is 23.4 Å². The molecule has 0 spiro atoms. The first-order valence-electron chi connectivity index (χ1n) is 12.0. The number of rotatable bonds is 8. The predicted molar refractivity (Wildman–Crippen MR) is 143 cm³/mol. The smallest absolute Gasteiger partial charge is 0.243 e. The van der Waals surface area contributed by atoms with Crippen molar-refractivity contribution in [1.29, 1.82) is 0 Å². The second-order valence-electron chi connectivity index (χ2n) is 10.3. The van der Waals surface area contributed by atoms with E-state index in [9.17, 15) is 9.59 Å². The molecule has 0 heterocycles. The molecule has 2 amide bonds. The maximum atomic E-state index is 13.8. The minimum Gasteiger partial charge on any atom is -0.350 e. The normalized spacial score (nSPS) is 12.2. The Morgan fingerprint density at radius 2 is 1.49 bits per heavy atom. The molecular weight excluding hydrogens is 456 g/mol. The van der Waals surface area contributed by atoms with E-state index in [1.54, 1.807) is 11.0 Å². The van der Waals surface area contributed by atoms with Crippen LogP contribution in [0.1, 0.15) is 48.6 Å². The molecule has 0 bridgehead atoms. The molecule has 3 aromatic carbocycles. The van der Waals surface area contributed by atoms with Crippen molar-refractivity contribution in [2.24, 2.45) is 0 Å². The van der Waals surface area contributed by atoms with Crippen LogP contribution < -0.4 is 5.32 Å². The maximum Gasteiger partial charge on any atom is 0.243 e. The summed E-state index contributed by atoms with van der Waals surface area (Å²) in [5.74, 6) is -0.267. The highest BCUT2D eigenvalue weighted by Crippen LogP contribution is 2.20. The monoisotopic (exact) mass is 490 g/mol. The third-order valence-electron chi connectivity index (χ3n) is 5.65. The van der Waals surface area contributed by atoms with Gasteiger partial charge in [-0.3, -0.25) is 9.59 Å². The van der Waals surface area contributed by atoms with Crippen LogP contribution in [-0.2, 0) is 29.0 Å². The molecule has 0 aliphatic carbocycles. The summed E-state index contributed by atoms with van der Waals surface area (Å²) in [4.78, 5) is 29.1. The van der Waals surface area contributed by atoms with Crippen molar-refractivity contribution in [2.45, 2.75) is 65.6 Å². The minimum atomic E-state index is -0.672. The lowest BCUT2D eigenvalue weighted by Gasteiger charge is -2.34. The lowest BCUT2D eigenvalue weighted by molar-refractivity contribution is -0.141. The number of benzene rings is 3. The van der Waals surface area contributed by atoms with Gasteiger partial charge in [0.2, 0.25) is 11.8 Å². The van der Waals surface area contributed by atoms with Gasteiger partial charge < -0.3 is 10.2 Å². The molecule has 3 rings (SSSR count). The molecule has 0 saturated carbocycles. The first kappa shape index (κ1) is 26.5. The van der Waals surface area contributed by atoms with Crippen molar-refractivity contribution in [3.05, 3.63) is 106 Å². The number of hydrogen-bond donors (Lipinski definition) is 1. The van der Waals surface area contributed by atoms with E-state index in [4.69, 9.17) is 11.6 Å². The van der Waals surface area contributed by atoms with E-state index in [2.05, 4.69) is 11.4 Å². The summed E-state index contributed by atoms with van der Waals surface area (Å²) >= 11 is 6.25. The lowest BCUT2D eigenvalue weighted by Crippen LogP contribution is -2.54. The van der Waals surface area contributed by atoms with E-state index >= 15 is 0 Å². The van der Waals surface area contributed by atoms with E-state index in [1.165, 1.54) is 0 Å². The Bertz CT molecular complexity index is 1150. The number of halogens is 1. The van der Waals surface area contributed by atoms with Gasteiger partial charge >= 0.3 is 0 Å². The minimum absolute atomic E-state index is 0.0973. The molecule has 0 saturated heterocycles. The zero-order valence-electron chi connectivity index (χ0n) is 21.3. The Kier molecular flexibility index (Phi) is 8.74. The molecule has 0 aliphatic heterocycles. The van der Waals surface area contributed by atoms with Crippen molar-refractivity contribution < 1.29 is 9.59 Å². The Morgan fingerprint density at radius 3 is 2.09 bits per heavy atom. The van der Waals surface area contributed by atoms with Crippen molar-refractivity contribution in [1.82, 2.24) is 10.2 Å². The third-order valence-corrected chi connectivity index (χ3v) is 5.88. The fraction of sp³-hybridized carbons (Fsp3) is 0.333. The molecule has 0 radical (unpaired) electrons. The van der Waals surface area contributed by atoms with Gasteiger partial charge in [0.25, 0.3) is 0 Å². The van der Waals surface area contributed by atoms with Crippen molar-refractivity contribution in [3.8, 4) is 0 Å². The molecule has 0 aliphatic rings. The number of nitrogens with one attached hydrogen (secondary N) is 1. The Balaban J connectivity index is 2.01. The first-order chi connectivity index (χ1) is 16.5. The van der Waals surface area contributed by atoms with Gasteiger partial charge in [-0.25, -0.2) is 0 Å². The van der Waals surface area contributed by atoms with Gasteiger partial charge in [-0.15, -0.1) is 0 Å². The van der Waals surface area contributed by atoms with Crippen LogP contribution in [0.15, 0.2) is 72.8 Å². The molecule has 0 aromatic heterocycles. The van der Waals surface area contributed by atoms with Crippen LogP contribution in [0.4, 0.5) is 0 Å². The van der Waals surface area contributed by atoms with Crippen LogP contribution in [0.3, 0.4) is 0 Å². The molecule has 1 N–H and O–H groups in total. The highest BCUT2D eigenvalue weighted by Gasteiger charge is 2.32. The second-order valence-corrected chi connectivity index (χ2v) is 10.7. The molecule has 4 nitrogen and oxygen atoms in total. The van der Waals surface area contributed by atoms with Gasteiger partial charge in [-0.2, -0.15) is 0 Å². The number of carbonyl (C=O) groups is 2. The molecule has 5 heteroatoms.